The maximum atomic E-state index is 12.2. The molecule has 0 bridgehead atoms. The Morgan fingerprint density at radius 1 is 1.50 bits per heavy atom. The molecular weight excluding hydrogens is 254 g/mol. The molecule has 0 atom stereocenters. The number of hydrogen-bond donors (Lipinski definition) is 1. The van der Waals surface area contributed by atoms with Crippen LogP contribution in [-0.2, 0) is 14.5 Å². The van der Waals surface area contributed by atoms with E-state index in [9.17, 15) is 9.00 Å². The molecule has 6 nitrogen and oxygen atoms in total. The van der Waals surface area contributed by atoms with Gasteiger partial charge in [-0.05, 0) is 18.6 Å². The summed E-state index contributed by atoms with van der Waals surface area (Å²) in [7, 11) is -2.47. The van der Waals surface area contributed by atoms with Gasteiger partial charge in [-0.1, -0.05) is 0 Å². The van der Waals surface area contributed by atoms with E-state index in [1.165, 1.54) is 6.20 Å². The Labute approximate surface area is 106 Å². The number of amides is 1. The molecule has 0 saturated carbocycles. The lowest BCUT2D eigenvalue weighted by atomic mass is 10.2. The van der Waals surface area contributed by atoms with E-state index in [1.54, 1.807) is 13.0 Å². The van der Waals surface area contributed by atoms with E-state index in [2.05, 4.69) is 9.35 Å². The zero-order chi connectivity index (χ0) is 13.2. The lowest BCUT2D eigenvalue weighted by Crippen LogP contribution is -2.26. The van der Waals surface area contributed by atoms with Crippen LogP contribution in [0.5, 0.6) is 0 Å². The second-order valence-corrected chi connectivity index (χ2v) is 6.66. The zero-order valence-electron chi connectivity index (χ0n) is 10.1. The van der Waals surface area contributed by atoms with E-state index >= 15 is 0 Å². The number of aromatic nitrogens is 1. The van der Waals surface area contributed by atoms with Crippen molar-refractivity contribution >= 4 is 21.5 Å². The first-order chi connectivity index (χ1) is 8.50. The van der Waals surface area contributed by atoms with Crippen molar-refractivity contribution in [2.24, 2.45) is 4.36 Å². The Bertz CT molecular complexity index is 579. The lowest BCUT2D eigenvalue weighted by molar-refractivity contribution is 0.100. The minimum absolute atomic E-state index is 0.306. The summed E-state index contributed by atoms with van der Waals surface area (Å²) in [6.45, 7) is 2.52. The van der Waals surface area contributed by atoms with E-state index in [-0.39, 0.29) is 0 Å². The summed E-state index contributed by atoms with van der Waals surface area (Å²) in [6, 6.07) is 1.61. The van der Waals surface area contributed by atoms with Gasteiger partial charge in [-0.25, -0.2) is 9.19 Å². The summed E-state index contributed by atoms with van der Waals surface area (Å²) in [5.41, 5.74) is 6.60. The number of aryl methyl sites for hydroxylation is 1. The van der Waals surface area contributed by atoms with Gasteiger partial charge in [0.25, 0.3) is 5.91 Å². The first-order valence-electron chi connectivity index (χ1n) is 5.57. The molecule has 0 aromatic carbocycles. The van der Waals surface area contributed by atoms with Crippen LogP contribution < -0.4 is 5.73 Å². The monoisotopic (exact) mass is 269 g/mol. The average Bonchev–Trinajstić information content (AvgIpc) is 2.33. The predicted octanol–water partition coefficient (Wildman–Crippen LogP) is 0.611. The molecule has 0 radical (unpaired) electrons. The van der Waals surface area contributed by atoms with Crippen LogP contribution in [0.1, 0.15) is 15.9 Å². The highest BCUT2D eigenvalue weighted by Crippen LogP contribution is 2.12. The second-order valence-electron chi connectivity index (χ2n) is 4.12. The number of anilines is 1. The highest BCUT2D eigenvalue weighted by Gasteiger charge is 2.17. The predicted molar refractivity (Wildman–Crippen MR) is 68.8 cm³/mol. The second kappa shape index (κ2) is 5.03. The van der Waals surface area contributed by atoms with Crippen LogP contribution >= 0.6 is 0 Å². The Balaban J connectivity index is 2.29. The fraction of sp³-hybridized carbons (Fsp3) is 0.455. The van der Waals surface area contributed by atoms with Crippen molar-refractivity contribution in [3.05, 3.63) is 23.4 Å². The van der Waals surface area contributed by atoms with Gasteiger partial charge in [0.05, 0.1) is 40.0 Å². The van der Waals surface area contributed by atoms with Gasteiger partial charge in [-0.2, -0.15) is 4.36 Å². The number of nitrogens with zero attached hydrogens (tertiary/aromatic N) is 2. The molecule has 1 saturated heterocycles. The molecule has 1 aliphatic heterocycles. The van der Waals surface area contributed by atoms with Gasteiger partial charge < -0.3 is 10.5 Å². The standard InChI is InChI=1S/C11H15N3O3S/c1-8-6-9(7-13-10(8)12)11(15)14-18(16)4-2-17-3-5-18/h6-7H,2-5H2,1H3,(H2,12,13). The van der Waals surface area contributed by atoms with E-state index in [4.69, 9.17) is 10.5 Å². The maximum absolute atomic E-state index is 12.2. The third kappa shape index (κ3) is 2.85. The van der Waals surface area contributed by atoms with Gasteiger partial charge in [0.2, 0.25) is 0 Å². The highest BCUT2D eigenvalue weighted by molar-refractivity contribution is 7.94. The van der Waals surface area contributed by atoms with E-state index < -0.39 is 15.6 Å². The molecule has 1 aromatic rings. The van der Waals surface area contributed by atoms with Crippen molar-refractivity contribution in [1.82, 2.24) is 4.98 Å². The molecule has 98 valence electrons. The number of hydrogen-bond acceptors (Lipinski definition) is 5. The average molecular weight is 269 g/mol. The molecule has 1 amide bonds. The zero-order valence-corrected chi connectivity index (χ0v) is 10.9. The number of carbonyl (C=O) groups is 1. The van der Waals surface area contributed by atoms with Crippen molar-refractivity contribution in [1.29, 1.82) is 0 Å². The molecule has 0 unspecified atom stereocenters. The summed E-state index contributed by atoms with van der Waals surface area (Å²) in [5.74, 6) is 0.486. The van der Waals surface area contributed by atoms with Crippen LogP contribution in [0.15, 0.2) is 16.6 Å². The number of pyridine rings is 1. The van der Waals surface area contributed by atoms with Gasteiger partial charge in [0.1, 0.15) is 5.82 Å². The molecule has 7 heteroatoms. The van der Waals surface area contributed by atoms with Crippen molar-refractivity contribution in [2.45, 2.75) is 6.92 Å². The van der Waals surface area contributed by atoms with Crippen LogP contribution in [0, 0.1) is 6.92 Å². The van der Waals surface area contributed by atoms with Crippen molar-refractivity contribution < 1.29 is 13.7 Å². The fourth-order valence-electron chi connectivity index (χ4n) is 1.58. The lowest BCUT2D eigenvalue weighted by Gasteiger charge is -2.15. The van der Waals surface area contributed by atoms with Crippen LogP contribution in [0.25, 0.3) is 0 Å². The molecule has 0 aliphatic carbocycles. The number of carbonyl (C=O) groups excluding carboxylic acids is 1. The third-order valence-corrected chi connectivity index (χ3v) is 4.82. The molecule has 0 spiro atoms. The summed E-state index contributed by atoms with van der Waals surface area (Å²) < 4.78 is 21.2. The molecular formula is C11H15N3O3S. The SMILES string of the molecule is Cc1cc(C(=O)N=S2(=O)CCOCC2)cnc1N. The van der Waals surface area contributed by atoms with E-state index in [0.29, 0.717) is 41.7 Å². The number of rotatable bonds is 1. The quantitative estimate of drug-likeness (QED) is 0.806. The molecule has 1 aliphatic rings. The van der Waals surface area contributed by atoms with Crippen molar-refractivity contribution in [3.63, 3.8) is 0 Å². The van der Waals surface area contributed by atoms with Gasteiger partial charge in [0.15, 0.2) is 0 Å². The Morgan fingerprint density at radius 3 is 2.78 bits per heavy atom. The summed E-state index contributed by atoms with van der Waals surface area (Å²) in [4.78, 5) is 15.8. The van der Waals surface area contributed by atoms with Gasteiger partial charge in [-0.15, -0.1) is 0 Å². The number of ether oxygens (including phenoxy) is 1. The first kappa shape index (κ1) is 13.0. The number of nitrogen functional groups attached to an aromatic ring is 1. The minimum atomic E-state index is -2.47. The van der Waals surface area contributed by atoms with Crippen LogP contribution in [0.4, 0.5) is 5.82 Å². The molecule has 2 heterocycles. The Hall–Kier alpha value is -1.47. The van der Waals surface area contributed by atoms with Crippen molar-refractivity contribution in [2.75, 3.05) is 30.5 Å². The summed E-state index contributed by atoms with van der Waals surface area (Å²) in [6.07, 6.45) is 1.36. The van der Waals surface area contributed by atoms with E-state index in [0.717, 1.165) is 0 Å². The first-order valence-corrected chi connectivity index (χ1v) is 7.42. The Kier molecular flexibility index (Phi) is 3.63. The summed E-state index contributed by atoms with van der Waals surface area (Å²) >= 11 is 0. The van der Waals surface area contributed by atoms with E-state index in [1.807, 2.05) is 0 Å². The van der Waals surface area contributed by atoms with Crippen LogP contribution in [0.3, 0.4) is 0 Å². The molecule has 1 aromatic heterocycles. The highest BCUT2D eigenvalue weighted by atomic mass is 32.2. The largest absolute Gasteiger partial charge is 0.383 e. The van der Waals surface area contributed by atoms with Crippen LogP contribution in [0.2, 0.25) is 0 Å². The topological polar surface area (TPSA) is 94.6 Å². The minimum Gasteiger partial charge on any atom is -0.383 e. The van der Waals surface area contributed by atoms with Crippen LogP contribution in [-0.4, -0.2) is 39.8 Å². The molecule has 1 fully saturated rings. The smallest absolute Gasteiger partial charge is 0.286 e. The molecule has 2 rings (SSSR count). The maximum Gasteiger partial charge on any atom is 0.286 e. The molecule has 2 N–H and O–H groups in total. The van der Waals surface area contributed by atoms with Gasteiger partial charge >= 0.3 is 0 Å². The fourth-order valence-corrected chi connectivity index (χ4v) is 3.13. The Morgan fingerprint density at radius 2 is 2.17 bits per heavy atom. The summed E-state index contributed by atoms with van der Waals surface area (Å²) in [5, 5.41) is 0. The normalized spacial score (nSPS) is 18.3. The number of nitrogens with two attached hydrogens (primary N) is 1. The molecule has 18 heavy (non-hydrogen) atoms. The van der Waals surface area contributed by atoms with Gasteiger partial charge in [-0.3, -0.25) is 4.79 Å². The van der Waals surface area contributed by atoms with Crippen molar-refractivity contribution in [3.8, 4) is 0 Å². The van der Waals surface area contributed by atoms with Gasteiger partial charge in [0, 0.05) is 6.20 Å². The third-order valence-electron chi connectivity index (χ3n) is 2.71.